The van der Waals surface area contributed by atoms with Crippen molar-refractivity contribution < 1.29 is 85.8 Å². The van der Waals surface area contributed by atoms with Crippen LogP contribution in [0.25, 0.3) is 0 Å². The number of nitrogens with zero attached hydrogens (tertiary/aromatic N) is 1. The summed E-state index contributed by atoms with van der Waals surface area (Å²) >= 11 is 0. The van der Waals surface area contributed by atoms with Gasteiger partial charge in [-0.3, -0.25) is 33.4 Å². The smallest absolute Gasteiger partial charge is 0.335 e. The van der Waals surface area contributed by atoms with Gasteiger partial charge < -0.3 is 54.7 Å². The minimum Gasteiger partial charge on any atom is -0.491 e. The molecule has 1 aromatic carbocycles. The molecule has 0 unspecified atom stereocenters. The zero-order valence-corrected chi connectivity index (χ0v) is 27.7. The molecule has 0 spiro atoms. The van der Waals surface area contributed by atoms with Gasteiger partial charge in [0, 0.05) is 50.2 Å². The van der Waals surface area contributed by atoms with Crippen LogP contribution in [0.2, 0.25) is 0 Å². The van der Waals surface area contributed by atoms with E-state index in [1.54, 1.807) is 0 Å². The molecule has 2 aliphatic rings. The molecule has 0 bridgehead atoms. The molecule has 1 saturated heterocycles. The van der Waals surface area contributed by atoms with Crippen molar-refractivity contribution in [2.45, 2.75) is 56.7 Å². The van der Waals surface area contributed by atoms with Gasteiger partial charge in [-0.2, -0.15) is 8.42 Å². The van der Waals surface area contributed by atoms with Crippen molar-refractivity contribution in [2.75, 3.05) is 38.7 Å². The normalized spacial score (nSPS) is 22.3. The first-order chi connectivity index (χ1) is 24.0. The number of rotatable bonds is 19. The second-order valence-corrected chi connectivity index (χ2v) is 12.4. The Kier molecular flexibility index (Phi) is 14.8. The minimum absolute atomic E-state index is 0.0515. The summed E-state index contributed by atoms with van der Waals surface area (Å²) in [5.74, 6) is -6.43. The van der Waals surface area contributed by atoms with E-state index in [1.165, 1.54) is 18.2 Å². The second kappa shape index (κ2) is 18.5. The van der Waals surface area contributed by atoms with Crippen LogP contribution >= 0.6 is 0 Å². The Bertz CT molecular complexity index is 1580. The van der Waals surface area contributed by atoms with Gasteiger partial charge in [0.1, 0.15) is 54.8 Å². The summed E-state index contributed by atoms with van der Waals surface area (Å²) in [5, 5.41) is 44.1. The minimum atomic E-state index is -4.71. The number of carboxylic acids is 1. The molecule has 2 aliphatic heterocycles. The van der Waals surface area contributed by atoms with Gasteiger partial charge in [0.2, 0.25) is 18.1 Å². The van der Waals surface area contributed by atoms with Gasteiger partial charge in [0.15, 0.2) is 6.10 Å². The highest BCUT2D eigenvalue weighted by Gasteiger charge is 2.48. The molecule has 1 fully saturated rings. The average Bonchev–Trinajstić information content (AvgIpc) is 3.37. The van der Waals surface area contributed by atoms with E-state index in [9.17, 15) is 62.2 Å². The van der Waals surface area contributed by atoms with Crippen LogP contribution in [0.1, 0.15) is 18.9 Å². The molecule has 0 saturated carbocycles. The zero-order chi connectivity index (χ0) is 37.9. The topological polar surface area (TPSA) is 311 Å². The van der Waals surface area contributed by atoms with Gasteiger partial charge in [-0.25, -0.2) is 4.79 Å². The van der Waals surface area contributed by atoms with Crippen LogP contribution in [0.15, 0.2) is 30.4 Å². The van der Waals surface area contributed by atoms with Crippen LogP contribution in [-0.4, -0.2) is 149 Å². The van der Waals surface area contributed by atoms with E-state index in [1.807, 2.05) is 0 Å². The first-order valence-electron chi connectivity index (χ1n) is 15.1. The van der Waals surface area contributed by atoms with Crippen LogP contribution in [-0.2, 0) is 59.7 Å². The second-order valence-electron chi connectivity index (χ2n) is 10.9. The number of nitrogens with one attached hydrogen (secondary N) is 2. The van der Waals surface area contributed by atoms with Gasteiger partial charge in [-0.1, -0.05) is 0 Å². The van der Waals surface area contributed by atoms with Crippen LogP contribution < -0.4 is 20.1 Å². The summed E-state index contributed by atoms with van der Waals surface area (Å²) < 4.78 is 58.8. The molecule has 3 rings (SSSR count). The predicted octanol–water partition coefficient (Wildman–Crippen LogP) is -3.78. The lowest BCUT2D eigenvalue weighted by Gasteiger charge is -2.38. The molecule has 4 amide bonds. The third-order valence-electron chi connectivity index (χ3n) is 7.06. The Balaban J connectivity index is 1.49. The van der Waals surface area contributed by atoms with Gasteiger partial charge in [-0.15, -0.1) is 0 Å². The molecule has 21 nitrogen and oxygen atoms in total. The van der Waals surface area contributed by atoms with E-state index < -0.39 is 94.6 Å². The fraction of sp³-hybridized carbons (Fsp3) is 0.517. The number of hydrogen-bond acceptors (Lipinski definition) is 16. The number of hydrogen-bond donors (Lipinski definition) is 7. The number of ether oxygens (including phenoxy) is 5. The number of carbonyl (C=O) groups is 6. The Morgan fingerprint density at radius 3 is 2.31 bits per heavy atom. The van der Waals surface area contributed by atoms with Gasteiger partial charge >= 0.3 is 11.9 Å². The molecule has 0 aliphatic carbocycles. The van der Waals surface area contributed by atoms with Crippen LogP contribution in [0, 0.1) is 0 Å². The number of benzene rings is 1. The highest BCUT2D eigenvalue weighted by atomic mass is 32.2. The molecule has 22 heteroatoms. The van der Waals surface area contributed by atoms with Crippen LogP contribution in [0.3, 0.4) is 0 Å². The van der Waals surface area contributed by atoms with E-state index >= 15 is 0 Å². The van der Waals surface area contributed by atoms with E-state index in [0.29, 0.717) is 0 Å². The van der Waals surface area contributed by atoms with E-state index in [4.69, 9.17) is 23.7 Å². The number of imide groups is 1. The maximum absolute atomic E-state index is 12.6. The van der Waals surface area contributed by atoms with Crippen molar-refractivity contribution in [3.63, 3.8) is 0 Å². The van der Waals surface area contributed by atoms with Crippen LogP contribution in [0.5, 0.6) is 11.5 Å². The summed E-state index contributed by atoms with van der Waals surface area (Å²) in [6.07, 6.45) is -7.84. The molecule has 2 heterocycles. The first-order valence-corrected chi connectivity index (χ1v) is 16.7. The number of carboxylic acid groups (broad SMARTS) is 1. The molecule has 282 valence electrons. The number of esters is 1. The predicted molar refractivity (Wildman–Crippen MR) is 165 cm³/mol. The third kappa shape index (κ3) is 12.5. The number of aliphatic hydroxyl groups excluding tert-OH is 3. The number of aliphatic carboxylic acids is 1. The zero-order valence-electron chi connectivity index (χ0n) is 26.9. The number of carbonyl (C=O) groups excluding carboxylic acids is 5. The Morgan fingerprint density at radius 2 is 1.69 bits per heavy atom. The molecular formula is C29H37N3O18S. The van der Waals surface area contributed by atoms with Crippen molar-refractivity contribution in [1.29, 1.82) is 0 Å². The van der Waals surface area contributed by atoms with Crippen molar-refractivity contribution in [3.8, 4) is 11.5 Å². The highest BCUT2D eigenvalue weighted by molar-refractivity contribution is 7.85. The quantitative estimate of drug-likeness (QED) is 0.0309. The monoisotopic (exact) mass is 747 g/mol. The fourth-order valence-electron chi connectivity index (χ4n) is 4.52. The first kappa shape index (κ1) is 40.7. The molecule has 7 N–H and O–H groups in total. The van der Waals surface area contributed by atoms with Gasteiger partial charge in [0.25, 0.3) is 21.9 Å². The molecular weight excluding hydrogens is 710 g/mol. The largest absolute Gasteiger partial charge is 0.491 e. The van der Waals surface area contributed by atoms with Gasteiger partial charge in [-0.05, 0) is 12.1 Å². The molecule has 51 heavy (non-hydrogen) atoms. The Hall–Kier alpha value is -4.71. The molecule has 1 aromatic rings. The summed E-state index contributed by atoms with van der Waals surface area (Å²) in [6, 6.07) is 2.49. The average molecular weight is 748 g/mol. The number of amides is 4. The molecule has 6 atom stereocenters. The summed E-state index contributed by atoms with van der Waals surface area (Å²) in [5.41, 5.74) is 0.241. The maximum atomic E-state index is 12.6. The van der Waals surface area contributed by atoms with Crippen molar-refractivity contribution in [2.24, 2.45) is 0 Å². The van der Waals surface area contributed by atoms with Gasteiger partial charge in [0.05, 0.1) is 13.2 Å². The van der Waals surface area contributed by atoms with E-state index in [2.05, 4.69) is 10.6 Å². The lowest BCUT2D eigenvalue weighted by Crippen LogP contribution is -2.61. The summed E-state index contributed by atoms with van der Waals surface area (Å²) in [6.45, 7) is 0.133. The van der Waals surface area contributed by atoms with E-state index in [-0.39, 0.29) is 56.6 Å². The lowest BCUT2D eigenvalue weighted by molar-refractivity contribution is -0.271. The fourth-order valence-corrected chi connectivity index (χ4v) is 5.18. The summed E-state index contributed by atoms with van der Waals surface area (Å²) in [4.78, 5) is 71.7. The standard InChI is InChI=1S/C29H37N3O18S/c1-15(33)48-13-16-2-3-17(12-19(16)49-29-25(39)23(37)24(38)26(50-29)28(41)42)47-11-10-46-9-7-30-27(40)18(14-51(43,44)45)31-20(34)6-8-32-21(35)4-5-22(32)36/h2-5,12,18,23-26,29,37-39H,6-11,13-14H2,1H3,(H,30,40)(H,31,34)(H,41,42)(H,43,44,45)/t18-,23-,24-,25+,26-,29+/m0/s1. The van der Waals surface area contributed by atoms with E-state index in [0.717, 1.165) is 24.0 Å². The van der Waals surface area contributed by atoms with Crippen molar-refractivity contribution in [1.82, 2.24) is 15.5 Å². The maximum Gasteiger partial charge on any atom is 0.335 e. The Morgan fingerprint density at radius 1 is 1.00 bits per heavy atom. The lowest BCUT2D eigenvalue weighted by atomic mass is 9.99. The van der Waals surface area contributed by atoms with Crippen molar-refractivity contribution in [3.05, 3.63) is 35.9 Å². The number of aliphatic hydroxyl groups is 3. The SMILES string of the molecule is CC(=O)OCc1ccc(OCCOCCNC(=O)[C@H](CS(=O)(=O)O)NC(=O)CCN2C(=O)C=CC2=O)cc1O[C@@H]1O[C@H](C(=O)O)[C@@H](O)[C@H](O)[C@H]1O. The van der Waals surface area contributed by atoms with Crippen LogP contribution in [0.4, 0.5) is 0 Å². The third-order valence-corrected chi connectivity index (χ3v) is 7.81. The molecule has 0 aromatic heterocycles. The highest BCUT2D eigenvalue weighted by Crippen LogP contribution is 2.30. The Labute approximate surface area is 289 Å². The summed E-state index contributed by atoms with van der Waals surface area (Å²) in [7, 11) is -4.71. The van der Waals surface area contributed by atoms with Crippen molar-refractivity contribution >= 4 is 45.7 Å². The molecule has 0 radical (unpaired) electrons.